The van der Waals surface area contributed by atoms with E-state index in [-0.39, 0.29) is 11.9 Å². The number of hydrogen-bond acceptors (Lipinski definition) is 3. The number of carbonyl (C=O) groups excluding carboxylic acids is 1. The number of methoxy groups -OCH3 is 1. The third-order valence-corrected chi connectivity index (χ3v) is 3.45. The summed E-state index contributed by atoms with van der Waals surface area (Å²) < 4.78 is 4.86. The van der Waals surface area contributed by atoms with Gasteiger partial charge in [-0.05, 0) is 37.8 Å². The SMILES string of the molecule is COC(=O)C1[C@H]2CCC[C@H]1CNC2. The fourth-order valence-electron chi connectivity index (χ4n) is 2.82. The van der Waals surface area contributed by atoms with E-state index in [1.165, 1.54) is 26.4 Å². The largest absolute Gasteiger partial charge is 0.469 e. The second-order valence-corrected chi connectivity index (χ2v) is 4.16. The zero-order valence-electron chi connectivity index (χ0n) is 8.08. The molecule has 0 aromatic carbocycles. The van der Waals surface area contributed by atoms with Crippen LogP contribution in [0.25, 0.3) is 0 Å². The van der Waals surface area contributed by atoms with Crippen molar-refractivity contribution in [1.29, 1.82) is 0 Å². The lowest BCUT2D eigenvalue weighted by molar-refractivity contribution is -0.152. The molecule has 0 aromatic rings. The number of piperidine rings is 1. The van der Waals surface area contributed by atoms with Crippen molar-refractivity contribution in [2.24, 2.45) is 17.8 Å². The Kier molecular flexibility index (Phi) is 2.54. The van der Waals surface area contributed by atoms with E-state index in [0.29, 0.717) is 11.8 Å². The Bertz CT molecular complexity index is 183. The van der Waals surface area contributed by atoms with Gasteiger partial charge in [0.15, 0.2) is 0 Å². The lowest BCUT2D eigenvalue weighted by Crippen LogP contribution is -2.49. The molecule has 2 atom stereocenters. The first-order valence-electron chi connectivity index (χ1n) is 5.11. The molecule has 1 aliphatic heterocycles. The fraction of sp³-hybridized carbons (Fsp3) is 0.900. The normalized spacial score (nSPS) is 38.4. The maximum absolute atomic E-state index is 11.5. The number of carbonyl (C=O) groups is 1. The number of ether oxygens (including phenoxy) is 1. The van der Waals surface area contributed by atoms with E-state index in [4.69, 9.17) is 4.74 Å². The van der Waals surface area contributed by atoms with Crippen LogP contribution in [-0.2, 0) is 9.53 Å². The molecular weight excluding hydrogens is 166 g/mol. The zero-order valence-corrected chi connectivity index (χ0v) is 8.08. The van der Waals surface area contributed by atoms with Crippen LogP contribution >= 0.6 is 0 Å². The van der Waals surface area contributed by atoms with Gasteiger partial charge in [-0.3, -0.25) is 4.79 Å². The van der Waals surface area contributed by atoms with Crippen molar-refractivity contribution in [3.63, 3.8) is 0 Å². The standard InChI is InChI=1S/C10H17NO2/c1-13-10(12)9-7-3-2-4-8(9)6-11-5-7/h7-9,11H,2-6H2,1H3/t7-,8-/m0/s1. The molecule has 0 unspecified atom stereocenters. The minimum atomic E-state index is 0.0104. The number of nitrogens with one attached hydrogen (secondary N) is 1. The molecular formula is C10H17NO2. The molecule has 3 nitrogen and oxygen atoms in total. The third kappa shape index (κ3) is 1.57. The summed E-state index contributed by atoms with van der Waals surface area (Å²) in [6, 6.07) is 0. The van der Waals surface area contributed by atoms with Gasteiger partial charge < -0.3 is 10.1 Å². The monoisotopic (exact) mass is 183 g/mol. The van der Waals surface area contributed by atoms with Gasteiger partial charge in [0.1, 0.15) is 0 Å². The van der Waals surface area contributed by atoms with Crippen molar-refractivity contribution in [3.8, 4) is 0 Å². The van der Waals surface area contributed by atoms with Gasteiger partial charge in [-0.25, -0.2) is 0 Å². The van der Waals surface area contributed by atoms with Gasteiger partial charge in [0, 0.05) is 0 Å². The Labute approximate surface area is 78.8 Å². The molecule has 74 valence electrons. The van der Waals surface area contributed by atoms with Crippen LogP contribution in [0.5, 0.6) is 0 Å². The Hall–Kier alpha value is -0.570. The maximum Gasteiger partial charge on any atom is 0.309 e. The summed E-state index contributed by atoms with van der Waals surface area (Å²) in [5.41, 5.74) is 0. The molecule has 1 heterocycles. The molecule has 2 bridgehead atoms. The summed E-state index contributed by atoms with van der Waals surface area (Å²) in [4.78, 5) is 11.5. The summed E-state index contributed by atoms with van der Waals surface area (Å²) in [5, 5.41) is 3.39. The molecule has 1 saturated carbocycles. The van der Waals surface area contributed by atoms with Crippen LogP contribution in [0.3, 0.4) is 0 Å². The Balaban J connectivity index is 2.10. The highest BCUT2D eigenvalue weighted by Gasteiger charge is 2.41. The van der Waals surface area contributed by atoms with Gasteiger partial charge in [-0.15, -0.1) is 0 Å². The van der Waals surface area contributed by atoms with E-state index in [1.54, 1.807) is 0 Å². The lowest BCUT2D eigenvalue weighted by Gasteiger charge is -2.41. The molecule has 2 aliphatic rings. The molecule has 1 aliphatic carbocycles. The molecule has 0 spiro atoms. The van der Waals surface area contributed by atoms with Gasteiger partial charge in [0.05, 0.1) is 13.0 Å². The maximum atomic E-state index is 11.5. The van der Waals surface area contributed by atoms with Crippen LogP contribution in [0.4, 0.5) is 0 Å². The summed E-state index contributed by atoms with van der Waals surface area (Å²) in [6.45, 7) is 1.99. The summed E-state index contributed by atoms with van der Waals surface area (Å²) in [5.74, 6) is 1.25. The van der Waals surface area contributed by atoms with Crippen LogP contribution < -0.4 is 5.32 Å². The van der Waals surface area contributed by atoms with Crippen LogP contribution in [0.2, 0.25) is 0 Å². The van der Waals surface area contributed by atoms with Gasteiger partial charge in [0.2, 0.25) is 0 Å². The van der Waals surface area contributed by atoms with Crippen LogP contribution in [0.1, 0.15) is 19.3 Å². The van der Waals surface area contributed by atoms with Crippen molar-refractivity contribution in [1.82, 2.24) is 5.32 Å². The smallest absolute Gasteiger partial charge is 0.309 e. The van der Waals surface area contributed by atoms with E-state index in [0.717, 1.165) is 13.1 Å². The highest BCUT2D eigenvalue weighted by atomic mass is 16.5. The van der Waals surface area contributed by atoms with Gasteiger partial charge in [-0.2, -0.15) is 0 Å². The minimum absolute atomic E-state index is 0.0104. The summed E-state index contributed by atoms with van der Waals surface area (Å²) >= 11 is 0. The summed E-state index contributed by atoms with van der Waals surface area (Å²) in [6.07, 6.45) is 3.65. The predicted molar refractivity (Wildman–Crippen MR) is 49.2 cm³/mol. The van der Waals surface area contributed by atoms with E-state index < -0.39 is 0 Å². The van der Waals surface area contributed by atoms with Gasteiger partial charge >= 0.3 is 5.97 Å². The first-order valence-corrected chi connectivity index (χ1v) is 5.11. The fourth-order valence-corrected chi connectivity index (χ4v) is 2.82. The molecule has 1 saturated heterocycles. The van der Waals surface area contributed by atoms with E-state index in [2.05, 4.69) is 5.32 Å². The second kappa shape index (κ2) is 3.66. The summed E-state index contributed by atoms with van der Waals surface area (Å²) in [7, 11) is 1.50. The van der Waals surface area contributed by atoms with Gasteiger partial charge in [-0.1, -0.05) is 6.42 Å². The number of rotatable bonds is 1. The first-order chi connectivity index (χ1) is 6.33. The molecule has 2 rings (SSSR count). The number of fused-ring (bicyclic) bond motifs is 2. The quantitative estimate of drug-likeness (QED) is 0.611. The van der Waals surface area contributed by atoms with E-state index in [9.17, 15) is 4.79 Å². The molecule has 0 amide bonds. The average molecular weight is 183 g/mol. The lowest BCUT2D eigenvalue weighted by atomic mass is 9.69. The number of hydrogen-bond donors (Lipinski definition) is 1. The Morgan fingerprint density at radius 1 is 1.31 bits per heavy atom. The number of esters is 1. The van der Waals surface area contributed by atoms with Crippen LogP contribution in [-0.4, -0.2) is 26.2 Å². The zero-order chi connectivity index (χ0) is 9.26. The molecule has 0 radical (unpaired) electrons. The second-order valence-electron chi connectivity index (χ2n) is 4.16. The van der Waals surface area contributed by atoms with E-state index >= 15 is 0 Å². The molecule has 3 heteroatoms. The third-order valence-electron chi connectivity index (χ3n) is 3.45. The van der Waals surface area contributed by atoms with E-state index in [1.807, 2.05) is 0 Å². The average Bonchev–Trinajstić information content (AvgIpc) is 2.15. The van der Waals surface area contributed by atoms with Crippen molar-refractivity contribution < 1.29 is 9.53 Å². The first kappa shape index (κ1) is 9.00. The van der Waals surface area contributed by atoms with Crippen molar-refractivity contribution in [3.05, 3.63) is 0 Å². The Morgan fingerprint density at radius 2 is 1.92 bits per heavy atom. The highest BCUT2D eigenvalue weighted by Crippen LogP contribution is 2.37. The van der Waals surface area contributed by atoms with Crippen molar-refractivity contribution >= 4 is 5.97 Å². The Morgan fingerprint density at radius 3 is 2.46 bits per heavy atom. The van der Waals surface area contributed by atoms with Crippen LogP contribution in [0, 0.1) is 17.8 Å². The van der Waals surface area contributed by atoms with Crippen molar-refractivity contribution in [2.45, 2.75) is 19.3 Å². The van der Waals surface area contributed by atoms with Crippen LogP contribution in [0.15, 0.2) is 0 Å². The molecule has 0 aromatic heterocycles. The predicted octanol–water partition coefficient (Wildman–Crippen LogP) is 0.795. The van der Waals surface area contributed by atoms with Crippen molar-refractivity contribution in [2.75, 3.05) is 20.2 Å². The molecule has 13 heavy (non-hydrogen) atoms. The molecule has 1 N–H and O–H groups in total. The highest BCUT2D eigenvalue weighted by molar-refractivity contribution is 5.73. The minimum Gasteiger partial charge on any atom is -0.469 e. The topological polar surface area (TPSA) is 38.3 Å². The van der Waals surface area contributed by atoms with Gasteiger partial charge in [0.25, 0.3) is 0 Å². The molecule has 2 fully saturated rings.